The summed E-state index contributed by atoms with van der Waals surface area (Å²) in [5, 5.41) is 0.396. The van der Waals surface area contributed by atoms with E-state index < -0.39 is 18.5 Å². The first-order valence-corrected chi connectivity index (χ1v) is 8.52. The molecule has 0 aliphatic carbocycles. The molecule has 1 heterocycles. The van der Waals surface area contributed by atoms with Gasteiger partial charge in [0.1, 0.15) is 12.4 Å². The first-order valence-electron chi connectivity index (χ1n) is 8.52. The van der Waals surface area contributed by atoms with Crippen molar-refractivity contribution in [1.82, 2.24) is 14.5 Å². The summed E-state index contributed by atoms with van der Waals surface area (Å²) in [6.45, 7) is -0.539. The van der Waals surface area contributed by atoms with Crippen LogP contribution in [0.4, 0.5) is 4.39 Å². The third-order valence-electron chi connectivity index (χ3n) is 4.15. The molecule has 0 saturated heterocycles. The largest absolute Gasteiger partial charge is 0.454 e. The molecule has 0 radical (unpaired) electrons. The van der Waals surface area contributed by atoms with Gasteiger partial charge in [0.15, 0.2) is 6.61 Å². The lowest BCUT2D eigenvalue weighted by Crippen LogP contribution is -2.32. The number of hydrogen-bond donors (Lipinski definition) is 0. The summed E-state index contributed by atoms with van der Waals surface area (Å²) in [6.07, 6.45) is 1.27. The number of nitrogens with zero attached hydrogens (tertiary/aromatic N) is 3. The SMILES string of the molecule is CN(Cc1ccc(F)cc1)C(=O)COC(=O)Cn1cnc2ccccc2c1=O. The normalized spacial score (nSPS) is 10.6. The minimum Gasteiger partial charge on any atom is -0.454 e. The molecule has 0 N–H and O–H groups in total. The van der Waals surface area contributed by atoms with Crippen LogP contribution in [0.1, 0.15) is 5.56 Å². The van der Waals surface area contributed by atoms with Gasteiger partial charge in [-0.25, -0.2) is 9.37 Å². The number of para-hydroxylation sites is 1. The van der Waals surface area contributed by atoms with E-state index >= 15 is 0 Å². The molecule has 0 atom stereocenters. The van der Waals surface area contributed by atoms with E-state index in [0.29, 0.717) is 10.9 Å². The number of halogens is 1. The Balaban J connectivity index is 1.55. The van der Waals surface area contributed by atoms with Gasteiger partial charge in [0.2, 0.25) is 0 Å². The Labute approximate surface area is 160 Å². The van der Waals surface area contributed by atoms with Crippen molar-refractivity contribution in [3.63, 3.8) is 0 Å². The number of hydrogen-bond acceptors (Lipinski definition) is 5. The molecule has 3 rings (SSSR count). The summed E-state index contributed by atoms with van der Waals surface area (Å²) < 4.78 is 19.0. The lowest BCUT2D eigenvalue weighted by atomic mass is 10.2. The Bertz CT molecular complexity index is 1060. The first kappa shape index (κ1) is 19.2. The number of benzene rings is 2. The van der Waals surface area contributed by atoms with Crippen LogP contribution in [-0.2, 0) is 27.4 Å². The van der Waals surface area contributed by atoms with Gasteiger partial charge in [-0.15, -0.1) is 0 Å². The molecule has 28 heavy (non-hydrogen) atoms. The molecule has 144 valence electrons. The van der Waals surface area contributed by atoms with Crippen LogP contribution < -0.4 is 5.56 Å². The molecular weight excluding hydrogens is 365 g/mol. The van der Waals surface area contributed by atoms with Crippen LogP contribution in [0.15, 0.2) is 59.7 Å². The fourth-order valence-electron chi connectivity index (χ4n) is 2.61. The minimum absolute atomic E-state index is 0.255. The number of esters is 1. The molecule has 3 aromatic rings. The Morgan fingerprint density at radius 3 is 2.61 bits per heavy atom. The molecule has 8 heteroatoms. The minimum atomic E-state index is -0.720. The molecule has 0 saturated carbocycles. The summed E-state index contributed by atoms with van der Waals surface area (Å²) in [5.74, 6) is -1.49. The molecule has 7 nitrogen and oxygen atoms in total. The van der Waals surface area contributed by atoms with Crippen LogP contribution in [0.3, 0.4) is 0 Å². The number of rotatable bonds is 6. The fraction of sp³-hybridized carbons (Fsp3) is 0.200. The second-order valence-corrected chi connectivity index (χ2v) is 6.23. The van der Waals surface area contributed by atoms with Crippen molar-refractivity contribution in [2.45, 2.75) is 13.1 Å². The Hall–Kier alpha value is -3.55. The van der Waals surface area contributed by atoms with Gasteiger partial charge in [-0.1, -0.05) is 24.3 Å². The molecule has 0 aliphatic rings. The van der Waals surface area contributed by atoms with E-state index in [0.717, 1.165) is 10.1 Å². The molecule has 1 aromatic heterocycles. The van der Waals surface area contributed by atoms with Gasteiger partial charge >= 0.3 is 5.97 Å². The highest BCUT2D eigenvalue weighted by Gasteiger charge is 2.14. The van der Waals surface area contributed by atoms with Crippen LogP contribution in [0.25, 0.3) is 10.9 Å². The summed E-state index contributed by atoms with van der Waals surface area (Å²) in [6, 6.07) is 12.6. The molecule has 0 aliphatic heterocycles. The average Bonchev–Trinajstić information content (AvgIpc) is 2.70. The fourth-order valence-corrected chi connectivity index (χ4v) is 2.61. The standard InChI is InChI=1S/C20H18FN3O4/c1-23(10-14-6-8-15(21)9-7-14)18(25)12-28-19(26)11-24-13-22-17-5-3-2-4-16(17)20(24)27/h2-9,13H,10-12H2,1H3. The number of likely N-dealkylation sites (N-methyl/N-ethyl adjacent to an activating group) is 1. The number of carbonyl (C=O) groups excluding carboxylic acids is 2. The second kappa shape index (κ2) is 8.43. The molecular formula is C20H18FN3O4. The number of amides is 1. The number of carbonyl (C=O) groups is 2. The lowest BCUT2D eigenvalue weighted by Gasteiger charge is -2.17. The molecule has 0 unspecified atom stereocenters. The van der Waals surface area contributed by atoms with Gasteiger partial charge in [-0.3, -0.25) is 19.0 Å². The number of fused-ring (bicyclic) bond motifs is 1. The van der Waals surface area contributed by atoms with Gasteiger partial charge in [0, 0.05) is 13.6 Å². The van der Waals surface area contributed by atoms with Gasteiger partial charge in [-0.2, -0.15) is 0 Å². The smallest absolute Gasteiger partial charge is 0.326 e. The third-order valence-corrected chi connectivity index (χ3v) is 4.15. The molecule has 0 spiro atoms. The van der Waals surface area contributed by atoms with E-state index in [9.17, 15) is 18.8 Å². The van der Waals surface area contributed by atoms with Crippen molar-refractivity contribution in [2.24, 2.45) is 0 Å². The van der Waals surface area contributed by atoms with Crippen LogP contribution >= 0.6 is 0 Å². The van der Waals surface area contributed by atoms with Gasteiger partial charge in [0.25, 0.3) is 11.5 Å². The van der Waals surface area contributed by atoms with E-state index in [-0.39, 0.29) is 24.5 Å². The van der Waals surface area contributed by atoms with E-state index in [2.05, 4.69) is 4.98 Å². The molecule has 1 amide bonds. The van der Waals surface area contributed by atoms with Crippen molar-refractivity contribution < 1.29 is 18.7 Å². The molecule has 2 aromatic carbocycles. The van der Waals surface area contributed by atoms with Crippen LogP contribution in [-0.4, -0.2) is 40.0 Å². The van der Waals surface area contributed by atoms with Crippen molar-refractivity contribution >= 4 is 22.8 Å². The highest BCUT2D eigenvalue weighted by atomic mass is 19.1. The zero-order chi connectivity index (χ0) is 20.1. The maximum atomic E-state index is 12.9. The zero-order valence-electron chi connectivity index (χ0n) is 15.2. The van der Waals surface area contributed by atoms with Crippen LogP contribution in [0.5, 0.6) is 0 Å². The van der Waals surface area contributed by atoms with Crippen molar-refractivity contribution in [3.05, 3.63) is 76.6 Å². The van der Waals surface area contributed by atoms with E-state index in [1.54, 1.807) is 43.4 Å². The Morgan fingerprint density at radius 1 is 1.14 bits per heavy atom. The summed E-state index contributed by atoms with van der Waals surface area (Å²) in [7, 11) is 1.55. The topological polar surface area (TPSA) is 81.5 Å². The van der Waals surface area contributed by atoms with Gasteiger partial charge in [0.05, 0.1) is 17.2 Å². The number of ether oxygens (including phenoxy) is 1. The molecule has 0 bridgehead atoms. The van der Waals surface area contributed by atoms with Crippen molar-refractivity contribution in [3.8, 4) is 0 Å². The third kappa shape index (κ3) is 4.59. The van der Waals surface area contributed by atoms with Crippen molar-refractivity contribution in [1.29, 1.82) is 0 Å². The maximum absolute atomic E-state index is 12.9. The van der Waals surface area contributed by atoms with Crippen LogP contribution in [0.2, 0.25) is 0 Å². The predicted molar refractivity (Wildman–Crippen MR) is 99.8 cm³/mol. The molecule has 0 fully saturated rings. The quantitative estimate of drug-likeness (QED) is 0.606. The maximum Gasteiger partial charge on any atom is 0.326 e. The Morgan fingerprint density at radius 2 is 1.86 bits per heavy atom. The van der Waals surface area contributed by atoms with E-state index in [1.807, 2.05) is 0 Å². The highest BCUT2D eigenvalue weighted by molar-refractivity contribution is 5.81. The second-order valence-electron chi connectivity index (χ2n) is 6.23. The average molecular weight is 383 g/mol. The Kier molecular flexibility index (Phi) is 5.78. The van der Waals surface area contributed by atoms with E-state index in [4.69, 9.17) is 4.74 Å². The summed E-state index contributed by atoms with van der Waals surface area (Å²) >= 11 is 0. The lowest BCUT2D eigenvalue weighted by molar-refractivity contribution is -0.152. The summed E-state index contributed by atoms with van der Waals surface area (Å²) in [5.41, 5.74) is 0.925. The monoisotopic (exact) mass is 383 g/mol. The van der Waals surface area contributed by atoms with Crippen molar-refractivity contribution in [2.75, 3.05) is 13.7 Å². The summed E-state index contributed by atoms with van der Waals surface area (Å²) in [4.78, 5) is 41.9. The highest BCUT2D eigenvalue weighted by Crippen LogP contribution is 2.06. The first-order chi connectivity index (χ1) is 13.4. The predicted octanol–water partition coefficient (Wildman–Crippen LogP) is 1.74. The zero-order valence-corrected chi connectivity index (χ0v) is 15.2. The van der Waals surface area contributed by atoms with Gasteiger partial charge < -0.3 is 9.64 Å². The number of aromatic nitrogens is 2. The van der Waals surface area contributed by atoms with Gasteiger partial charge in [-0.05, 0) is 29.8 Å². The van der Waals surface area contributed by atoms with E-state index in [1.165, 1.54) is 23.4 Å². The van der Waals surface area contributed by atoms with Crippen LogP contribution in [0, 0.1) is 5.82 Å².